The van der Waals surface area contributed by atoms with E-state index in [9.17, 15) is 0 Å². The van der Waals surface area contributed by atoms with Crippen LogP contribution in [0, 0.1) is 0 Å². The van der Waals surface area contributed by atoms with Crippen LogP contribution in [0.3, 0.4) is 0 Å². The Morgan fingerprint density at radius 3 is 2.50 bits per heavy atom. The molecule has 2 bridgehead atoms. The molecule has 2 aliphatic rings. The summed E-state index contributed by atoms with van der Waals surface area (Å²) in [6.45, 7) is 0. The van der Waals surface area contributed by atoms with Gasteiger partial charge in [0.15, 0.2) is 0 Å². The first-order valence-corrected chi connectivity index (χ1v) is 3.30. The molecular formula is C6H11NO. The zero-order chi connectivity index (χ0) is 5.56. The Morgan fingerprint density at radius 1 is 1.38 bits per heavy atom. The molecule has 0 saturated carbocycles. The monoisotopic (exact) mass is 113 g/mol. The Labute approximate surface area is 48.9 Å². The lowest BCUT2D eigenvalue weighted by Crippen LogP contribution is -2.26. The largest absolute Gasteiger partial charge is 0.391 e. The van der Waals surface area contributed by atoms with E-state index in [-0.39, 0.29) is 6.10 Å². The lowest BCUT2D eigenvalue weighted by atomic mass is 9.98. The number of aliphatic hydroxyl groups excluding tert-OH is 1. The molecule has 2 rings (SSSR count). The Balaban J connectivity index is 2.11. The highest BCUT2D eigenvalue weighted by molar-refractivity contribution is 4.97. The SMILES string of the molecule is O[C@@H]1C[C@H]2CC[C@@H]1N2. The quantitative estimate of drug-likeness (QED) is 0.458. The maximum atomic E-state index is 9.16. The molecule has 0 amide bonds. The smallest absolute Gasteiger partial charge is 0.0708 e. The molecule has 0 aromatic rings. The Kier molecular flexibility index (Phi) is 0.866. The molecule has 0 unspecified atom stereocenters. The molecular weight excluding hydrogens is 102 g/mol. The Morgan fingerprint density at radius 2 is 2.25 bits per heavy atom. The van der Waals surface area contributed by atoms with Crippen LogP contribution in [0.5, 0.6) is 0 Å². The van der Waals surface area contributed by atoms with Crippen LogP contribution < -0.4 is 5.32 Å². The van der Waals surface area contributed by atoms with Crippen molar-refractivity contribution in [1.82, 2.24) is 5.32 Å². The van der Waals surface area contributed by atoms with Gasteiger partial charge in [-0.2, -0.15) is 0 Å². The number of hydrogen-bond acceptors (Lipinski definition) is 2. The predicted molar refractivity (Wildman–Crippen MR) is 30.6 cm³/mol. The van der Waals surface area contributed by atoms with E-state index < -0.39 is 0 Å². The first-order valence-electron chi connectivity index (χ1n) is 3.30. The summed E-state index contributed by atoms with van der Waals surface area (Å²) in [5.41, 5.74) is 0. The molecule has 8 heavy (non-hydrogen) atoms. The number of aliphatic hydroxyl groups is 1. The van der Waals surface area contributed by atoms with E-state index in [1.54, 1.807) is 0 Å². The van der Waals surface area contributed by atoms with Gasteiger partial charge in [-0.3, -0.25) is 0 Å². The summed E-state index contributed by atoms with van der Waals surface area (Å²) in [4.78, 5) is 0. The van der Waals surface area contributed by atoms with Gasteiger partial charge in [0, 0.05) is 12.1 Å². The zero-order valence-corrected chi connectivity index (χ0v) is 4.80. The minimum Gasteiger partial charge on any atom is -0.391 e. The zero-order valence-electron chi connectivity index (χ0n) is 4.80. The van der Waals surface area contributed by atoms with Gasteiger partial charge >= 0.3 is 0 Å². The van der Waals surface area contributed by atoms with E-state index in [0.717, 1.165) is 6.42 Å². The lowest BCUT2D eigenvalue weighted by Gasteiger charge is -2.12. The van der Waals surface area contributed by atoms with E-state index >= 15 is 0 Å². The molecule has 2 N–H and O–H groups in total. The molecule has 0 aromatic heterocycles. The fourth-order valence-electron chi connectivity index (χ4n) is 1.80. The molecule has 0 aromatic carbocycles. The number of nitrogens with one attached hydrogen (secondary N) is 1. The number of rotatable bonds is 0. The standard InChI is InChI=1S/C6H11NO/c8-6-3-4-1-2-5(6)7-4/h4-8H,1-3H2/t4-,5+,6-/m1/s1. The maximum absolute atomic E-state index is 9.16. The van der Waals surface area contributed by atoms with Crippen LogP contribution in [0.15, 0.2) is 0 Å². The van der Waals surface area contributed by atoms with Crippen LogP contribution in [-0.4, -0.2) is 23.3 Å². The van der Waals surface area contributed by atoms with Gasteiger partial charge in [0.05, 0.1) is 6.10 Å². The van der Waals surface area contributed by atoms with Crippen molar-refractivity contribution in [2.75, 3.05) is 0 Å². The average molecular weight is 113 g/mol. The summed E-state index contributed by atoms with van der Waals surface area (Å²) in [6.07, 6.45) is 3.42. The second-order valence-electron chi connectivity index (χ2n) is 2.85. The molecule has 2 aliphatic heterocycles. The van der Waals surface area contributed by atoms with Gasteiger partial charge in [0.25, 0.3) is 0 Å². The van der Waals surface area contributed by atoms with Crippen molar-refractivity contribution in [2.24, 2.45) is 0 Å². The normalized spacial score (nSPS) is 52.9. The first-order chi connectivity index (χ1) is 3.86. The van der Waals surface area contributed by atoms with Crippen LogP contribution in [0.2, 0.25) is 0 Å². The van der Waals surface area contributed by atoms with Crippen LogP contribution in [0.25, 0.3) is 0 Å². The molecule has 0 spiro atoms. The summed E-state index contributed by atoms with van der Waals surface area (Å²) in [5.74, 6) is 0. The summed E-state index contributed by atoms with van der Waals surface area (Å²) < 4.78 is 0. The van der Waals surface area contributed by atoms with E-state index in [1.165, 1.54) is 12.8 Å². The maximum Gasteiger partial charge on any atom is 0.0708 e. The molecule has 0 aliphatic carbocycles. The van der Waals surface area contributed by atoms with Gasteiger partial charge < -0.3 is 10.4 Å². The van der Waals surface area contributed by atoms with Gasteiger partial charge in [-0.1, -0.05) is 0 Å². The first kappa shape index (κ1) is 4.77. The highest BCUT2D eigenvalue weighted by Crippen LogP contribution is 2.27. The molecule has 2 fully saturated rings. The highest BCUT2D eigenvalue weighted by atomic mass is 16.3. The fraction of sp³-hybridized carbons (Fsp3) is 1.00. The van der Waals surface area contributed by atoms with Crippen molar-refractivity contribution in [3.05, 3.63) is 0 Å². The molecule has 3 atom stereocenters. The van der Waals surface area contributed by atoms with Crippen molar-refractivity contribution >= 4 is 0 Å². The third kappa shape index (κ3) is 0.501. The summed E-state index contributed by atoms with van der Waals surface area (Å²) >= 11 is 0. The van der Waals surface area contributed by atoms with E-state index in [2.05, 4.69) is 5.32 Å². The molecule has 0 radical (unpaired) electrons. The molecule has 46 valence electrons. The van der Waals surface area contributed by atoms with Crippen molar-refractivity contribution in [3.8, 4) is 0 Å². The van der Waals surface area contributed by atoms with Crippen molar-refractivity contribution in [3.63, 3.8) is 0 Å². The topological polar surface area (TPSA) is 32.3 Å². The molecule has 2 nitrogen and oxygen atoms in total. The van der Waals surface area contributed by atoms with Gasteiger partial charge in [0.1, 0.15) is 0 Å². The summed E-state index contributed by atoms with van der Waals surface area (Å²) in [7, 11) is 0. The second kappa shape index (κ2) is 1.45. The third-order valence-corrected chi connectivity index (χ3v) is 2.27. The second-order valence-corrected chi connectivity index (χ2v) is 2.85. The predicted octanol–water partition coefficient (Wildman–Crippen LogP) is -0.128. The highest BCUT2D eigenvalue weighted by Gasteiger charge is 2.37. The number of hydrogen-bond donors (Lipinski definition) is 2. The van der Waals surface area contributed by atoms with E-state index in [1.807, 2.05) is 0 Å². The van der Waals surface area contributed by atoms with E-state index in [0.29, 0.717) is 12.1 Å². The minimum atomic E-state index is -0.0336. The van der Waals surface area contributed by atoms with Crippen molar-refractivity contribution in [2.45, 2.75) is 37.5 Å². The fourth-order valence-corrected chi connectivity index (χ4v) is 1.80. The Hall–Kier alpha value is -0.0800. The molecule has 2 heteroatoms. The van der Waals surface area contributed by atoms with Crippen LogP contribution in [0.4, 0.5) is 0 Å². The third-order valence-electron chi connectivity index (χ3n) is 2.27. The molecule has 2 heterocycles. The molecule has 2 saturated heterocycles. The number of fused-ring (bicyclic) bond motifs is 2. The average Bonchev–Trinajstić information content (AvgIpc) is 2.23. The minimum absolute atomic E-state index is 0.0336. The lowest BCUT2D eigenvalue weighted by molar-refractivity contribution is 0.145. The van der Waals surface area contributed by atoms with Crippen LogP contribution in [-0.2, 0) is 0 Å². The van der Waals surface area contributed by atoms with Crippen molar-refractivity contribution in [1.29, 1.82) is 0 Å². The van der Waals surface area contributed by atoms with Gasteiger partial charge in [-0.15, -0.1) is 0 Å². The summed E-state index contributed by atoms with van der Waals surface area (Å²) in [5, 5.41) is 12.5. The van der Waals surface area contributed by atoms with Gasteiger partial charge in [-0.05, 0) is 19.3 Å². The van der Waals surface area contributed by atoms with Crippen LogP contribution >= 0.6 is 0 Å². The van der Waals surface area contributed by atoms with Crippen molar-refractivity contribution < 1.29 is 5.11 Å². The van der Waals surface area contributed by atoms with Gasteiger partial charge in [-0.25, -0.2) is 0 Å². The van der Waals surface area contributed by atoms with Crippen LogP contribution in [0.1, 0.15) is 19.3 Å². The summed E-state index contributed by atoms with van der Waals surface area (Å²) in [6, 6.07) is 1.09. The van der Waals surface area contributed by atoms with Gasteiger partial charge in [0.2, 0.25) is 0 Å². The van der Waals surface area contributed by atoms with E-state index in [4.69, 9.17) is 5.11 Å². The Bertz CT molecular complexity index is 103.